The molecule has 2 bridgehead atoms. The molecule has 0 spiro atoms. The molecular weight excluding hydrogens is 1760 g/mol. The molecule has 15 aliphatic carbocycles. The molecule has 0 N–H and O–H groups in total. The molecule has 5 nitrogen and oxygen atoms in total. The first-order valence-electron chi connectivity index (χ1n) is 65.0. The van der Waals surface area contributed by atoms with E-state index < -0.39 is 0 Å². The van der Waals surface area contributed by atoms with Crippen molar-refractivity contribution in [2.75, 3.05) is 55.4 Å². The molecule has 5 heteroatoms. The molecule has 15 saturated carbocycles. The van der Waals surface area contributed by atoms with E-state index in [1.54, 1.807) is 21.3 Å². The van der Waals surface area contributed by atoms with Crippen molar-refractivity contribution in [3.05, 3.63) is 0 Å². The van der Waals surface area contributed by atoms with Crippen molar-refractivity contribution in [1.82, 2.24) is 0 Å². The molecule has 15 fully saturated rings. The lowest BCUT2D eigenvalue weighted by Gasteiger charge is -2.40. The van der Waals surface area contributed by atoms with Crippen LogP contribution in [-0.4, -0.2) is 67.6 Å². The van der Waals surface area contributed by atoms with E-state index in [9.17, 15) is 0 Å². The Hall–Kier alpha value is -0.200. The zero-order valence-corrected chi connectivity index (χ0v) is 110. The normalized spacial score (nSPS) is 31.6. The Morgan fingerprint density at radius 3 is 0.593 bits per heavy atom. The SMILES string of the molecule is CC(C)(C)C12CCC(CC1)C2.CC(C)(C)C1CCCC1.CC(C)(C)C1CCCCC1.CC(C)(C)CC1CC1.CCC(CC)C(C)(C)C.CCC(COC)C(C)(C)C.COCC(COC)C(C)(C)C.CO[C@@H]1CC[C@H](C)C1.CO[C@H]1CCC[C@@H](C)C1.C[C@@H]1CCCC[C@@H]1C.C[C@@H]1CCCC[C@@H]1C.C[C@@H]1CCCC[C@H]1C.C[C@@H]1CCC[C@@H]1C.C[C@@H]1CCC[C@@H]1C.C[C@@H]1CCC[C@H]1C.C[C@H]1CCCC[C@@H]1C.C[C@H]1CCC[C@@H]1C. The van der Waals surface area contributed by atoms with E-state index in [-0.39, 0.29) is 5.41 Å². The molecule has 0 aromatic rings. The number of hydrogen-bond donors (Lipinski definition) is 0. The topological polar surface area (TPSA) is 46.2 Å². The van der Waals surface area contributed by atoms with Gasteiger partial charge in [0.25, 0.3) is 0 Å². The van der Waals surface area contributed by atoms with Gasteiger partial charge in [0.05, 0.1) is 25.4 Å². The van der Waals surface area contributed by atoms with Gasteiger partial charge in [0.15, 0.2) is 0 Å². The number of hydrogen-bond acceptors (Lipinski definition) is 5. The highest BCUT2D eigenvalue weighted by Crippen LogP contribution is 2.62. The van der Waals surface area contributed by atoms with Crippen LogP contribution in [0, 0.1) is 191 Å². The molecule has 1 unspecified atom stereocenters. The van der Waals surface area contributed by atoms with E-state index in [2.05, 4.69) is 291 Å². The average Bonchev–Trinajstić information content (AvgIpc) is 1.61. The van der Waals surface area contributed by atoms with E-state index in [4.69, 9.17) is 23.7 Å². The molecule has 0 radical (unpaired) electrons. The summed E-state index contributed by atoms with van der Waals surface area (Å²) in [4.78, 5) is 0. The van der Waals surface area contributed by atoms with Gasteiger partial charge < -0.3 is 23.7 Å². The van der Waals surface area contributed by atoms with Crippen LogP contribution in [0.5, 0.6) is 0 Å². The average molecular weight is 2050 g/mol. The van der Waals surface area contributed by atoms with Crippen molar-refractivity contribution >= 4 is 0 Å². The maximum atomic E-state index is 5.26. The summed E-state index contributed by atoms with van der Waals surface area (Å²) in [5.41, 5.74) is 4.23. The molecule has 0 saturated heterocycles. The van der Waals surface area contributed by atoms with Crippen molar-refractivity contribution in [2.24, 2.45) is 191 Å². The summed E-state index contributed by atoms with van der Waals surface area (Å²) in [7, 11) is 8.86. The van der Waals surface area contributed by atoms with E-state index >= 15 is 0 Å². The van der Waals surface area contributed by atoms with Crippen molar-refractivity contribution in [2.45, 2.75) is 656 Å². The van der Waals surface area contributed by atoms with Crippen LogP contribution < -0.4 is 0 Å². The Morgan fingerprint density at radius 1 is 0.234 bits per heavy atom. The van der Waals surface area contributed by atoms with Crippen molar-refractivity contribution in [3.8, 4) is 0 Å². The van der Waals surface area contributed by atoms with Crippen molar-refractivity contribution in [3.63, 3.8) is 0 Å². The Balaban J connectivity index is 0. The summed E-state index contributed by atoms with van der Waals surface area (Å²) in [5, 5.41) is 0. The number of fused-ring (bicyclic) bond motifs is 2. The van der Waals surface area contributed by atoms with E-state index in [1.165, 1.54) is 353 Å². The summed E-state index contributed by atoms with van der Waals surface area (Å²) in [6.45, 7) is 101. The van der Waals surface area contributed by atoms with Crippen LogP contribution in [0.3, 0.4) is 0 Å². The van der Waals surface area contributed by atoms with Crippen LogP contribution in [0.4, 0.5) is 0 Å². The molecule has 15 aliphatic rings. The predicted molar refractivity (Wildman–Crippen MR) is 656 cm³/mol. The second-order valence-electron chi connectivity index (χ2n) is 61.1. The minimum absolute atomic E-state index is 0.270. The highest BCUT2D eigenvalue weighted by molar-refractivity contribution is 5.02. The minimum atomic E-state index is 0.270. The zero-order chi connectivity index (χ0) is 111. The molecule has 0 aromatic carbocycles. The molecule has 15 rings (SSSR count). The van der Waals surface area contributed by atoms with Gasteiger partial charge in [-0.2, -0.15) is 0 Å². The van der Waals surface area contributed by atoms with Gasteiger partial charge in [-0.05, 0) is 282 Å². The Bertz CT molecular complexity index is 2590. The lowest BCUT2D eigenvalue weighted by atomic mass is 9.65. The van der Waals surface area contributed by atoms with Gasteiger partial charge in [-0.3, -0.25) is 0 Å². The highest BCUT2D eigenvalue weighted by Gasteiger charge is 2.51. The molecule has 145 heavy (non-hydrogen) atoms. The first-order chi connectivity index (χ1) is 67.5. The van der Waals surface area contributed by atoms with Gasteiger partial charge in [0, 0.05) is 48.1 Å². The van der Waals surface area contributed by atoms with Gasteiger partial charge in [-0.25, -0.2) is 0 Å². The van der Waals surface area contributed by atoms with Gasteiger partial charge in [0.2, 0.25) is 0 Å². The third-order valence-electron chi connectivity index (χ3n) is 41.1. The summed E-state index contributed by atoms with van der Waals surface area (Å²) in [6, 6.07) is 0. The first-order valence-corrected chi connectivity index (χ1v) is 65.0. The Kier molecular flexibility index (Phi) is 80.7. The lowest BCUT2D eigenvalue weighted by Crippen LogP contribution is -2.31. The molecule has 0 heterocycles. The van der Waals surface area contributed by atoms with E-state index in [1.807, 2.05) is 14.2 Å². The fraction of sp³-hybridized carbons (Fsp3) is 1.00. The standard InChI is InChI=1S/C11H20.C10H20.C9H20O2.C9H20O.C9H18.C9H20.C8H16O.5C8H16.C7H14O.4C7H14/c1-10(2,3)11-6-4-9(8-11)5-7-11;1-10(2,3)9-7-5-4-6-8-9;1-9(2,3)8(6-10-4)7-11-5;1-6-8(7-10-5)9(2,3)4;1-9(2,3)8-6-4-5-7-8;1-6-8(7-2)9(3,4)5;1-7-4-3-5-8(6-7)9-2;1-8(2,3)6-7-4-5-7;4*1-7-5-3-4-6-8(7)2;1-6-3-4-7(5-6)8-2;4*1-6-4-3-5-7(6)2/h9H,4-8H2,1-3H3;9H,4-8H2,1-3H3;8H,6-7H2,1-5H3;8H,6-7H2,1-5H3;8H,4-7H2,1-3H3;8H,6-7H2,1-5H3;7-8H,3-6H2,1-2H3;7H,4-6H2,1-3H3;4*7-8H,3-6H2,1-2H3;6-7H,3-5H2,1-2H3;4*6-7H,3-5H2,1-2H3/t;;;;;;7-,8+;;2*7-,8+;2*7-,8-;3*6-,7+;2*6-,7-/m......1...100..10/s1. The molecule has 0 aromatic heterocycles. The van der Waals surface area contributed by atoms with Crippen LogP contribution in [0.1, 0.15) is 644 Å². The maximum absolute atomic E-state index is 5.26. The summed E-state index contributed by atoms with van der Waals surface area (Å²) in [5.74, 6) is 24.2. The van der Waals surface area contributed by atoms with Gasteiger partial charge in [0.1, 0.15) is 0 Å². The maximum Gasteiger partial charge on any atom is 0.0574 e. The third-order valence-corrected chi connectivity index (χ3v) is 41.1. The zero-order valence-electron chi connectivity index (χ0n) is 110. The quantitative estimate of drug-likeness (QED) is 0.195. The predicted octanol–water partition coefficient (Wildman–Crippen LogP) is 46.5. The van der Waals surface area contributed by atoms with E-state index in [0.717, 1.165) is 161 Å². The molecule has 0 aliphatic heterocycles. The smallest absolute Gasteiger partial charge is 0.0574 e. The van der Waals surface area contributed by atoms with Crippen LogP contribution in [-0.2, 0) is 23.7 Å². The molecular formula is C140H284O5. The van der Waals surface area contributed by atoms with Gasteiger partial charge >= 0.3 is 0 Å². The number of methoxy groups -OCH3 is 5. The molecule has 874 valence electrons. The van der Waals surface area contributed by atoms with Crippen LogP contribution in [0.15, 0.2) is 0 Å². The van der Waals surface area contributed by atoms with Crippen molar-refractivity contribution in [1.29, 1.82) is 0 Å². The van der Waals surface area contributed by atoms with Crippen LogP contribution in [0.2, 0.25) is 0 Å². The fourth-order valence-electron chi connectivity index (χ4n) is 26.1. The largest absolute Gasteiger partial charge is 0.384 e. The fourth-order valence-corrected chi connectivity index (χ4v) is 26.1. The van der Waals surface area contributed by atoms with Crippen molar-refractivity contribution < 1.29 is 23.7 Å². The Morgan fingerprint density at radius 2 is 0.462 bits per heavy atom. The van der Waals surface area contributed by atoms with Crippen LogP contribution in [0.25, 0.3) is 0 Å². The Labute approximate surface area is 920 Å². The number of rotatable bonds is 12. The van der Waals surface area contributed by atoms with E-state index in [0.29, 0.717) is 56.5 Å². The summed E-state index contributed by atoms with van der Waals surface area (Å²) in [6.07, 6.45) is 80.8. The monoisotopic (exact) mass is 2050 g/mol. The molecule has 21 atom stereocenters. The first kappa shape index (κ1) is 147. The second-order valence-corrected chi connectivity index (χ2v) is 61.1. The van der Waals surface area contributed by atoms with Gasteiger partial charge in [-0.15, -0.1) is 0 Å². The highest BCUT2D eigenvalue weighted by atomic mass is 16.5. The van der Waals surface area contributed by atoms with Crippen LogP contribution >= 0.6 is 0 Å². The van der Waals surface area contributed by atoms with Gasteiger partial charge in [-0.1, -0.05) is 548 Å². The molecule has 0 amide bonds. The second kappa shape index (κ2) is 79.7. The summed E-state index contributed by atoms with van der Waals surface area (Å²) < 4.78 is 25.8. The third kappa shape index (κ3) is 71.7. The lowest BCUT2D eigenvalue weighted by molar-refractivity contribution is 0.0289. The minimum Gasteiger partial charge on any atom is -0.384 e. The number of ether oxygens (including phenoxy) is 5. The summed E-state index contributed by atoms with van der Waals surface area (Å²) >= 11 is 0.